The van der Waals surface area contributed by atoms with Crippen molar-refractivity contribution >= 4 is 47.6 Å². The number of hydrogen-bond donors (Lipinski definition) is 0. The summed E-state index contributed by atoms with van der Waals surface area (Å²) >= 11 is 0. The summed E-state index contributed by atoms with van der Waals surface area (Å²) in [6, 6.07) is 0. The van der Waals surface area contributed by atoms with Crippen LogP contribution in [0.1, 0.15) is 37.2 Å². The zero-order chi connectivity index (χ0) is 62.2. The molecule has 0 spiro atoms. The zero-order valence-corrected chi connectivity index (χ0v) is 44.6. The summed E-state index contributed by atoms with van der Waals surface area (Å²) in [5, 5.41) is 0. The van der Waals surface area contributed by atoms with Crippen LogP contribution in [0.2, 0.25) is 0 Å². The van der Waals surface area contributed by atoms with E-state index in [1.54, 1.807) is 24.3 Å². The monoisotopic (exact) mass is 1220 g/mol. The maximum absolute atomic E-state index is 13.0. The fraction of sp³-hybridized carbons (Fsp3) is 0.346. The Morgan fingerprint density at radius 1 is 0.517 bits per heavy atom. The molecule has 0 N–H and O–H groups in total. The van der Waals surface area contributed by atoms with Crippen molar-refractivity contribution in [2.45, 2.75) is 95.5 Å². The van der Waals surface area contributed by atoms with Crippen molar-refractivity contribution in [3.8, 4) is 0 Å². The third-order valence-corrected chi connectivity index (χ3v) is 13.0. The molecule has 0 radical (unpaired) electrons. The van der Waals surface area contributed by atoms with Crippen LogP contribution < -0.4 is 45.8 Å². The fourth-order valence-corrected chi connectivity index (χ4v) is 8.88. The first-order valence-corrected chi connectivity index (χ1v) is 25.6. The molecule has 87 heavy (non-hydrogen) atoms. The van der Waals surface area contributed by atoms with Gasteiger partial charge in [0.1, 0.15) is 38.1 Å². The van der Waals surface area contributed by atoms with Crippen molar-refractivity contribution in [2.24, 2.45) is 5.92 Å². The maximum atomic E-state index is 13.0. The molecule has 2 saturated carbocycles. The topological polar surface area (TPSA) is 438 Å². The van der Waals surface area contributed by atoms with Gasteiger partial charge >= 0.3 is 70.2 Å². The Kier molecular flexibility index (Phi) is 18.0. The van der Waals surface area contributed by atoms with Gasteiger partial charge in [-0.25, -0.2) is 80.1 Å². The first-order valence-electron chi connectivity index (χ1n) is 25.6. The standard InChI is InChI=1S/C22H23N3O11.C16H11N3O11.C8H6O2.C6H4O5/c26-17-8-7-14(34-17)4-1-9-23-18(27)24(10-2-5-15-12-32-21(30)35-15)20(29)25(19(23)28)11-3-6-16-13-33-22(31)36-16;1-8-25-5-9(28-8)2-17-12(20)18(3-10-6-26-15(23)29-10)14(22)19(13(17)21)4-11-7-27-16(24)30-11;9-7-4-8(10)6-3-1-2-5(6)7;7-2-1-3(8)5-4(2)10-6(9)11-5/h1-6,14-16H,7-13H2;5-7H,1-4H2;1-3,5H,4H2;4-5H,1H2/b4-1+,5-2+,6-3+;;;. The van der Waals surface area contributed by atoms with Crippen molar-refractivity contribution in [1.82, 2.24) is 27.4 Å². The predicted octanol–water partition coefficient (Wildman–Crippen LogP) is -1.59. The highest BCUT2D eigenvalue weighted by Gasteiger charge is 2.52. The van der Waals surface area contributed by atoms with Crippen LogP contribution in [0.25, 0.3) is 0 Å². The SMILES string of the molecule is C=C1OC=C(Cn2c(=O)n(Cc3coc(=O)o3)c(=O)n(Cc3coc(=O)o3)c2=O)O1.O=C1CC(=O)C2C=CC=C12.O=C1CCC(/C=C/Cn2c(=O)n(C/C=C/C3COC(=O)O3)c(=O)n(C/C=C/C3COC(=O)O3)c2=O)O1.O=C1OC2C(=O)CC(=O)C2O1. The Hall–Kier alpha value is -11.4. The number of nitrogens with zero attached hydrogens (tertiary/aromatic N) is 6. The Bertz CT molecular complexity index is 3910. The molecule has 35 heteroatoms. The van der Waals surface area contributed by atoms with Gasteiger partial charge in [0.15, 0.2) is 52.6 Å². The number of allylic oxidation sites excluding steroid dienone is 8. The van der Waals surface area contributed by atoms with E-state index in [0.717, 1.165) is 32.5 Å². The summed E-state index contributed by atoms with van der Waals surface area (Å²) in [6.45, 7) is 1.45. The molecule has 6 atom stereocenters. The van der Waals surface area contributed by atoms with Crippen LogP contribution in [0.5, 0.6) is 0 Å². The number of aromatic nitrogens is 6. The Morgan fingerprint density at radius 2 is 0.989 bits per heavy atom. The second-order valence-electron chi connectivity index (χ2n) is 18.8. The van der Waals surface area contributed by atoms with Crippen LogP contribution in [0.15, 0.2) is 153 Å². The summed E-state index contributed by atoms with van der Waals surface area (Å²) in [4.78, 5) is 187. The minimum absolute atomic E-state index is 0.000000000000000444. The van der Waals surface area contributed by atoms with E-state index in [0.29, 0.717) is 25.7 Å². The van der Waals surface area contributed by atoms with E-state index < -0.39 is 114 Å². The minimum Gasteiger partial charge on any atom is -0.458 e. The fourth-order valence-electron chi connectivity index (χ4n) is 8.88. The van der Waals surface area contributed by atoms with Crippen molar-refractivity contribution in [3.05, 3.63) is 193 Å². The Morgan fingerprint density at radius 3 is 1.39 bits per heavy atom. The highest BCUT2D eigenvalue weighted by molar-refractivity contribution is 6.19. The second-order valence-corrected chi connectivity index (χ2v) is 18.8. The lowest BCUT2D eigenvalue weighted by molar-refractivity contribution is -0.140. The number of fused-ring (bicyclic) bond motifs is 2. The van der Waals surface area contributed by atoms with Gasteiger partial charge < -0.3 is 60.3 Å². The number of hydrogen-bond acceptors (Lipinski definition) is 29. The molecule has 0 amide bonds. The summed E-state index contributed by atoms with van der Waals surface area (Å²) in [5.74, 6) is -3.55. The molecule has 456 valence electrons. The summed E-state index contributed by atoms with van der Waals surface area (Å²) in [7, 11) is 0. The largest absolute Gasteiger partial charge is 0.518 e. The van der Waals surface area contributed by atoms with E-state index in [2.05, 4.69) is 34.4 Å². The van der Waals surface area contributed by atoms with Gasteiger partial charge in [-0.15, -0.1) is 0 Å². The van der Waals surface area contributed by atoms with Crippen molar-refractivity contribution in [2.75, 3.05) is 13.2 Å². The molecule has 0 bridgehead atoms. The van der Waals surface area contributed by atoms with Crippen LogP contribution in [-0.4, -0.2) is 119 Å². The maximum Gasteiger partial charge on any atom is 0.518 e. The van der Waals surface area contributed by atoms with Gasteiger partial charge in [-0.2, -0.15) is 0 Å². The zero-order valence-electron chi connectivity index (χ0n) is 44.6. The van der Waals surface area contributed by atoms with Gasteiger partial charge in [-0.05, 0) is 31.2 Å². The van der Waals surface area contributed by atoms with E-state index in [-0.39, 0.29) is 110 Å². The normalized spacial score (nSPS) is 22.2. The molecule has 12 rings (SSSR count). The lowest BCUT2D eigenvalue weighted by Crippen LogP contribution is -2.54. The second kappa shape index (κ2) is 26.0. The number of carbonyl (C=O) groups excluding carboxylic acids is 8. The number of carbonyl (C=O) groups is 8. The molecule has 4 aromatic heterocycles. The molecule has 35 nitrogen and oxygen atoms in total. The molecule has 4 saturated heterocycles. The van der Waals surface area contributed by atoms with Crippen molar-refractivity contribution in [1.29, 1.82) is 0 Å². The lowest BCUT2D eigenvalue weighted by Gasteiger charge is -2.12. The highest BCUT2D eigenvalue weighted by Crippen LogP contribution is 2.30. The van der Waals surface area contributed by atoms with E-state index in [1.165, 1.54) is 30.4 Å². The van der Waals surface area contributed by atoms with Gasteiger partial charge in [-0.1, -0.05) is 36.5 Å². The van der Waals surface area contributed by atoms with Gasteiger partial charge in [-0.3, -0.25) is 24.0 Å². The van der Waals surface area contributed by atoms with E-state index in [9.17, 15) is 76.7 Å². The van der Waals surface area contributed by atoms with Gasteiger partial charge in [0.2, 0.25) is 12.2 Å². The first kappa shape index (κ1) is 60.2. The van der Waals surface area contributed by atoms with E-state index in [1.807, 2.05) is 0 Å². The van der Waals surface area contributed by atoms with E-state index >= 15 is 0 Å². The number of Topliss-reactive ketones (excluding diaryl/α,β-unsaturated/α-hetero) is 4. The molecule has 5 aliphatic heterocycles. The van der Waals surface area contributed by atoms with Gasteiger partial charge in [0.25, 0.3) is 5.95 Å². The van der Waals surface area contributed by atoms with Crippen molar-refractivity contribution < 1.29 is 98.7 Å². The molecule has 9 heterocycles. The molecule has 6 fully saturated rings. The molecular weight excluding hydrogens is 1170 g/mol. The van der Waals surface area contributed by atoms with Crippen LogP contribution in [0.4, 0.5) is 14.4 Å². The highest BCUT2D eigenvalue weighted by atomic mass is 16.8. The average molecular weight is 1220 g/mol. The quantitative estimate of drug-likeness (QED) is 0.0560. The van der Waals surface area contributed by atoms with Gasteiger partial charge in [0, 0.05) is 12.0 Å². The number of ketones is 4. The molecular formula is C52H44N6O29. The molecule has 8 aliphatic rings. The number of ether oxygens (including phenoxy) is 9. The lowest BCUT2D eigenvalue weighted by atomic mass is 10.1. The predicted molar refractivity (Wildman–Crippen MR) is 275 cm³/mol. The van der Waals surface area contributed by atoms with E-state index in [4.69, 9.17) is 32.5 Å². The summed E-state index contributed by atoms with van der Waals surface area (Å²) < 4.78 is 66.0. The van der Waals surface area contributed by atoms with Crippen LogP contribution in [0, 0.1) is 5.92 Å². The molecule has 4 aromatic rings. The number of esters is 1. The van der Waals surface area contributed by atoms with Crippen molar-refractivity contribution in [3.63, 3.8) is 0 Å². The third kappa shape index (κ3) is 14.2. The van der Waals surface area contributed by atoms with Crippen LogP contribution in [-0.2, 0) is 106 Å². The number of cyclic esters (lactones) is 5. The Balaban J connectivity index is 0.000000156. The van der Waals surface area contributed by atoms with Crippen LogP contribution in [0.3, 0.4) is 0 Å². The first-order chi connectivity index (χ1) is 41.6. The molecule has 0 aromatic carbocycles. The smallest absolute Gasteiger partial charge is 0.458 e. The average Bonchev–Trinajstić information content (AvgIpc) is 2.01. The summed E-state index contributed by atoms with van der Waals surface area (Å²) in [6.07, 6.45) is 11.7. The molecule has 3 aliphatic carbocycles. The molecule has 6 unspecified atom stereocenters. The Labute approximate surface area is 480 Å². The van der Waals surface area contributed by atoms with Gasteiger partial charge in [0.05, 0.1) is 58.0 Å². The van der Waals surface area contributed by atoms with Crippen LogP contribution >= 0.6 is 0 Å². The minimum atomic E-state index is -1.06. The summed E-state index contributed by atoms with van der Waals surface area (Å²) in [5.41, 5.74) is -4.98. The number of rotatable bonds is 15. The third-order valence-electron chi connectivity index (χ3n) is 13.0.